The first-order valence-corrected chi connectivity index (χ1v) is 25.3. The van der Waals surface area contributed by atoms with Crippen LogP contribution >= 0.6 is 0 Å². The number of aromatic nitrogens is 3. The van der Waals surface area contributed by atoms with Gasteiger partial charge in [-0.25, -0.2) is 4.98 Å². The van der Waals surface area contributed by atoms with Crippen molar-refractivity contribution in [3.05, 3.63) is 124 Å². The van der Waals surface area contributed by atoms with Gasteiger partial charge < -0.3 is 15.6 Å². The number of nitrogens with zero attached hydrogens (tertiary/aromatic N) is 6. The van der Waals surface area contributed by atoms with Crippen molar-refractivity contribution in [1.82, 2.24) is 24.8 Å². The number of fused-ring (bicyclic) bond motifs is 2. The Balaban J connectivity index is 0.000000189. The molecule has 3 unspecified atom stereocenters. The summed E-state index contributed by atoms with van der Waals surface area (Å²) in [6.45, 7) is 27.9. The number of aryl methyl sites for hydroxylation is 3. The van der Waals surface area contributed by atoms with Gasteiger partial charge in [0, 0.05) is 58.6 Å². The average molecular weight is 932 g/mol. The quantitative estimate of drug-likeness (QED) is 0.0694. The molecule has 8 rings (SSSR count). The number of aromatic amines is 1. The SMILES string of the molecule is CCC(CN1CCCC1C)=Nc1cc(NC=O)ccc1C.CCC(N=Cc1cc(C(=O)Nc2ccc3nc(CN4CCCC4C)[nH]c3c2)ccc1C)C(C)C.Cc1ccc2nc(C(C)C)ccc2c1. The normalized spacial score (nSPS) is 17.0. The third-order valence-corrected chi connectivity index (χ3v) is 13.6. The van der Waals surface area contributed by atoms with Crippen LogP contribution in [0.15, 0.2) is 94.9 Å². The standard InChI is InChI=1S/C28H37N5O.C17H25N3O.C13H15N/c1-6-24(18(2)3)29-16-22-14-21(10-9-19(22)4)28(34)30-23-11-12-25-26(15-23)32-27(31-25)17-33-13-7-8-20(33)5;1-4-15(11-20-9-5-6-14(20)3)19-17-10-16(18-12-21)8-7-13(17)2;1-9(2)12-7-5-11-8-10(3)4-6-13(11)14-12/h9-12,14-16,18,20,24H,6-8,13,17H2,1-5H3,(H,30,34)(H,31,32);7-8,10,12,14H,4-6,9,11H2,1-3H3,(H,18,21);4-9H,1-3H3. The van der Waals surface area contributed by atoms with E-state index in [4.69, 9.17) is 15.0 Å². The number of amides is 2. The molecule has 0 saturated carbocycles. The summed E-state index contributed by atoms with van der Waals surface area (Å²) < 4.78 is 0. The van der Waals surface area contributed by atoms with E-state index in [9.17, 15) is 9.59 Å². The maximum absolute atomic E-state index is 13.0. The summed E-state index contributed by atoms with van der Waals surface area (Å²) in [5, 5.41) is 6.96. The van der Waals surface area contributed by atoms with E-state index in [1.54, 1.807) is 0 Å². The fraction of sp³-hybridized carbons (Fsp3) is 0.448. The van der Waals surface area contributed by atoms with Crippen LogP contribution in [0.3, 0.4) is 0 Å². The Labute approximate surface area is 411 Å². The van der Waals surface area contributed by atoms with Gasteiger partial charge in [-0.1, -0.05) is 71.4 Å². The van der Waals surface area contributed by atoms with Gasteiger partial charge in [0.1, 0.15) is 5.82 Å². The van der Waals surface area contributed by atoms with Crippen molar-refractivity contribution in [2.75, 3.05) is 30.3 Å². The highest BCUT2D eigenvalue weighted by Gasteiger charge is 2.22. The molecule has 2 fully saturated rings. The van der Waals surface area contributed by atoms with E-state index >= 15 is 0 Å². The molecule has 2 saturated heterocycles. The Morgan fingerprint density at radius 1 is 0.812 bits per heavy atom. The highest BCUT2D eigenvalue weighted by atomic mass is 16.1. The number of hydrogen-bond donors (Lipinski definition) is 3. The minimum Gasteiger partial charge on any atom is -0.341 e. The van der Waals surface area contributed by atoms with E-state index in [0.29, 0.717) is 35.9 Å². The second kappa shape index (κ2) is 25.0. The summed E-state index contributed by atoms with van der Waals surface area (Å²) in [5.41, 5.74) is 13.0. The number of pyridine rings is 1. The van der Waals surface area contributed by atoms with Crippen molar-refractivity contribution in [1.29, 1.82) is 0 Å². The van der Waals surface area contributed by atoms with Gasteiger partial charge in [-0.05, 0) is 175 Å². The number of hydrogen-bond acceptors (Lipinski definition) is 8. The molecular weight excluding hydrogens is 855 g/mol. The van der Waals surface area contributed by atoms with Gasteiger partial charge in [0.05, 0.1) is 34.8 Å². The number of rotatable bonds is 15. The van der Waals surface area contributed by atoms with Gasteiger partial charge in [0.15, 0.2) is 0 Å². The van der Waals surface area contributed by atoms with Crippen LogP contribution in [0.5, 0.6) is 0 Å². The second-order valence-corrected chi connectivity index (χ2v) is 19.7. The first kappa shape index (κ1) is 52.3. The Kier molecular flexibility index (Phi) is 19.0. The number of H-pyrrole nitrogens is 1. The van der Waals surface area contributed by atoms with Crippen LogP contribution in [0.4, 0.5) is 17.1 Å². The summed E-state index contributed by atoms with van der Waals surface area (Å²) in [4.78, 5) is 50.9. The van der Waals surface area contributed by atoms with Crippen LogP contribution in [-0.2, 0) is 11.3 Å². The van der Waals surface area contributed by atoms with Crippen molar-refractivity contribution in [2.24, 2.45) is 15.9 Å². The zero-order chi connectivity index (χ0) is 49.6. The average Bonchev–Trinajstić information content (AvgIpc) is 4.06. The van der Waals surface area contributed by atoms with E-state index in [1.165, 1.54) is 54.6 Å². The Morgan fingerprint density at radius 3 is 2.19 bits per heavy atom. The molecule has 6 aromatic rings. The number of benzene rings is 4. The molecule has 4 heterocycles. The predicted octanol–water partition coefficient (Wildman–Crippen LogP) is 13.2. The Hall–Kier alpha value is -6.04. The minimum absolute atomic E-state index is 0.129. The van der Waals surface area contributed by atoms with E-state index in [2.05, 4.69) is 130 Å². The molecule has 2 aliphatic heterocycles. The summed E-state index contributed by atoms with van der Waals surface area (Å²) in [7, 11) is 0. The lowest BCUT2D eigenvalue weighted by molar-refractivity contribution is -0.105. The lowest BCUT2D eigenvalue weighted by Gasteiger charge is -2.21. The number of carbonyl (C=O) groups is 2. The third-order valence-electron chi connectivity index (χ3n) is 13.6. The summed E-state index contributed by atoms with van der Waals surface area (Å²) >= 11 is 0. The molecular formula is C58H77N9O2. The van der Waals surface area contributed by atoms with Crippen LogP contribution in [0.2, 0.25) is 0 Å². The van der Waals surface area contributed by atoms with Gasteiger partial charge in [-0.2, -0.15) is 0 Å². The third kappa shape index (κ3) is 14.7. The van der Waals surface area contributed by atoms with E-state index in [0.717, 1.165) is 88.6 Å². The zero-order valence-electron chi connectivity index (χ0n) is 43.2. The van der Waals surface area contributed by atoms with E-state index in [1.807, 2.05) is 67.7 Å². The van der Waals surface area contributed by atoms with Crippen molar-refractivity contribution in [3.8, 4) is 0 Å². The highest BCUT2D eigenvalue weighted by molar-refractivity contribution is 6.06. The topological polar surface area (TPSA) is 131 Å². The molecule has 4 aromatic carbocycles. The minimum atomic E-state index is -0.129. The predicted molar refractivity (Wildman–Crippen MR) is 290 cm³/mol. The van der Waals surface area contributed by atoms with Crippen molar-refractivity contribution in [2.45, 2.75) is 145 Å². The van der Waals surface area contributed by atoms with Crippen molar-refractivity contribution in [3.63, 3.8) is 0 Å². The molecule has 366 valence electrons. The van der Waals surface area contributed by atoms with Crippen LogP contribution in [0, 0.1) is 26.7 Å². The Bertz CT molecular complexity index is 2720. The van der Waals surface area contributed by atoms with Gasteiger partial charge in [0.25, 0.3) is 5.91 Å². The van der Waals surface area contributed by atoms with E-state index in [-0.39, 0.29) is 11.9 Å². The number of likely N-dealkylation sites (tertiary alicyclic amines) is 2. The number of anilines is 2. The fourth-order valence-corrected chi connectivity index (χ4v) is 9.01. The van der Waals surface area contributed by atoms with Gasteiger partial charge in [0.2, 0.25) is 6.41 Å². The molecule has 69 heavy (non-hydrogen) atoms. The summed E-state index contributed by atoms with van der Waals surface area (Å²) in [6.07, 6.45) is 9.65. The molecule has 11 heteroatoms. The number of nitrogens with one attached hydrogen (secondary N) is 3. The first-order chi connectivity index (χ1) is 33.1. The molecule has 2 amide bonds. The number of imidazole rings is 1. The molecule has 0 radical (unpaired) electrons. The lowest BCUT2D eigenvalue weighted by Crippen LogP contribution is -2.32. The highest BCUT2D eigenvalue weighted by Crippen LogP contribution is 2.26. The number of aliphatic imine (C=N–C) groups is 2. The number of carbonyl (C=O) groups excluding carboxylic acids is 2. The molecule has 3 atom stereocenters. The monoisotopic (exact) mass is 932 g/mol. The molecule has 2 aromatic heterocycles. The molecule has 0 aliphatic carbocycles. The first-order valence-electron chi connectivity index (χ1n) is 25.3. The maximum atomic E-state index is 13.0. The lowest BCUT2D eigenvalue weighted by atomic mass is 10.0. The smallest absolute Gasteiger partial charge is 0.255 e. The largest absolute Gasteiger partial charge is 0.341 e. The fourth-order valence-electron chi connectivity index (χ4n) is 9.01. The molecule has 2 aliphatic rings. The van der Waals surface area contributed by atoms with Crippen molar-refractivity contribution >= 4 is 63.2 Å². The molecule has 3 N–H and O–H groups in total. The summed E-state index contributed by atoms with van der Waals surface area (Å²) in [6, 6.07) is 29.6. The van der Waals surface area contributed by atoms with Crippen LogP contribution < -0.4 is 10.6 Å². The van der Waals surface area contributed by atoms with Crippen LogP contribution in [0.1, 0.15) is 144 Å². The van der Waals surface area contributed by atoms with Gasteiger partial charge in [-0.15, -0.1) is 0 Å². The zero-order valence-corrected chi connectivity index (χ0v) is 43.2. The van der Waals surface area contributed by atoms with Gasteiger partial charge in [-0.3, -0.25) is 34.4 Å². The molecule has 0 spiro atoms. The Morgan fingerprint density at radius 2 is 1.52 bits per heavy atom. The van der Waals surface area contributed by atoms with Gasteiger partial charge >= 0.3 is 0 Å². The summed E-state index contributed by atoms with van der Waals surface area (Å²) in [5.74, 6) is 1.84. The maximum Gasteiger partial charge on any atom is 0.255 e. The molecule has 11 nitrogen and oxygen atoms in total. The van der Waals surface area contributed by atoms with Crippen molar-refractivity contribution < 1.29 is 9.59 Å². The molecule has 0 bridgehead atoms. The van der Waals surface area contributed by atoms with E-state index < -0.39 is 0 Å². The van der Waals surface area contributed by atoms with Crippen LogP contribution in [0.25, 0.3) is 21.9 Å². The van der Waals surface area contributed by atoms with Crippen LogP contribution in [-0.4, -0.2) is 86.8 Å². The second-order valence-electron chi connectivity index (χ2n) is 19.7.